The van der Waals surface area contributed by atoms with Gasteiger partial charge in [0.25, 0.3) is 11.8 Å². The summed E-state index contributed by atoms with van der Waals surface area (Å²) in [5, 5.41) is 0. The summed E-state index contributed by atoms with van der Waals surface area (Å²) in [5.41, 5.74) is 1.73. The molecule has 0 N–H and O–H groups in total. The van der Waals surface area contributed by atoms with Crippen LogP contribution in [0.3, 0.4) is 0 Å². The molecule has 94 valence electrons. The number of carbonyl (C=O) groups is 3. The van der Waals surface area contributed by atoms with Gasteiger partial charge in [0.15, 0.2) is 0 Å². The summed E-state index contributed by atoms with van der Waals surface area (Å²) in [4.78, 5) is 36.1. The number of ether oxygens (including phenoxy) is 1. The lowest BCUT2D eigenvalue weighted by atomic mass is 10.1. The molecule has 0 bridgehead atoms. The minimum absolute atomic E-state index is 0.0148. The normalized spacial score (nSPS) is 13.8. The topological polar surface area (TPSA) is 63.7 Å². The highest BCUT2D eigenvalue weighted by Gasteiger charge is 2.35. The van der Waals surface area contributed by atoms with Gasteiger partial charge in [0, 0.05) is 6.54 Å². The maximum Gasteiger partial charge on any atom is 0.307 e. The van der Waals surface area contributed by atoms with Gasteiger partial charge in [-0.15, -0.1) is 0 Å². The van der Waals surface area contributed by atoms with Crippen molar-refractivity contribution in [1.82, 2.24) is 4.90 Å². The standard InChI is InChI=1S/C13H13NO4/c1-8-3-4-9-10(7-8)13(17)14(12(9)16)6-5-11(15)18-2/h3-4,7H,5-6H2,1-2H3. The van der Waals surface area contributed by atoms with Crippen molar-refractivity contribution in [2.75, 3.05) is 13.7 Å². The van der Waals surface area contributed by atoms with Crippen molar-refractivity contribution < 1.29 is 19.1 Å². The zero-order valence-corrected chi connectivity index (χ0v) is 10.2. The monoisotopic (exact) mass is 247 g/mol. The van der Waals surface area contributed by atoms with Crippen molar-refractivity contribution in [2.45, 2.75) is 13.3 Å². The minimum atomic E-state index is -0.442. The Labute approximate surface area is 104 Å². The predicted molar refractivity (Wildman–Crippen MR) is 63.2 cm³/mol. The Hall–Kier alpha value is -2.17. The van der Waals surface area contributed by atoms with E-state index < -0.39 is 5.97 Å². The molecule has 2 amide bonds. The van der Waals surface area contributed by atoms with Gasteiger partial charge in [-0.2, -0.15) is 0 Å². The second-order valence-corrected chi connectivity index (χ2v) is 4.14. The lowest BCUT2D eigenvalue weighted by Crippen LogP contribution is -2.32. The van der Waals surface area contributed by atoms with Crippen molar-refractivity contribution in [3.05, 3.63) is 34.9 Å². The number of rotatable bonds is 3. The number of esters is 1. The van der Waals surface area contributed by atoms with Gasteiger partial charge in [-0.25, -0.2) is 0 Å². The van der Waals surface area contributed by atoms with Crippen molar-refractivity contribution >= 4 is 17.8 Å². The van der Waals surface area contributed by atoms with E-state index in [0.29, 0.717) is 11.1 Å². The van der Waals surface area contributed by atoms with Gasteiger partial charge in [0.05, 0.1) is 24.7 Å². The molecule has 0 unspecified atom stereocenters. The Morgan fingerprint density at radius 2 is 1.89 bits per heavy atom. The number of benzene rings is 1. The van der Waals surface area contributed by atoms with E-state index in [-0.39, 0.29) is 24.8 Å². The summed E-state index contributed by atoms with van der Waals surface area (Å²) in [6.45, 7) is 1.91. The maximum absolute atomic E-state index is 12.0. The zero-order valence-electron chi connectivity index (χ0n) is 10.2. The second-order valence-electron chi connectivity index (χ2n) is 4.14. The van der Waals surface area contributed by atoms with Crippen molar-refractivity contribution in [2.24, 2.45) is 0 Å². The second kappa shape index (κ2) is 4.60. The molecule has 1 heterocycles. The molecular weight excluding hydrogens is 234 g/mol. The Morgan fingerprint density at radius 3 is 2.56 bits per heavy atom. The number of amides is 2. The van der Waals surface area contributed by atoms with Gasteiger partial charge in [-0.1, -0.05) is 11.6 Å². The number of nitrogens with zero attached hydrogens (tertiary/aromatic N) is 1. The summed E-state index contributed by atoms with van der Waals surface area (Å²) < 4.78 is 4.49. The van der Waals surface area contributed by atoms with Gasteiger partial charge < -0.3 is 4.74 Å². The highest BCUT2D eigenvalue weighted by Crippen LogP contribution is 2.23. The fourth-order valence-electron chi connectivity index (χ4n) is 1.91. The summed E-state index contributed by atoms with van der Waals surface area (Å²) in [6, 6.07) is 5.12. The molecule has 1 aliphatic rings. The van der Waals surface area contributed by atoms with Crippen LogP contribution in [0.2, 0.25) is 0 Å². The van der Waals surface area contributed by atoms with Crippen LogP contribution in [-0.4, -0.2) is 36.3 Å². The average molecular weight is 247 g/mol. The highest BCUT2D eigenvalue weighted by molar-refractivity contribution is 6.21. The molecule has 0 saturated carbocycles. The summed E-state index contributed by atoms with van der Waals surface area (Å²) in [6.07, 6.45) is 0.0148. The number of aryl methyl sites for hydroxylation is 1. The molecule has 1 aliphatic heterocycles. The Bertz CT molecular complexity index is 536. The number of fused-ring (bicyclic) bond motifs is 1. The minimum Gasteiger partial charge on any atom is -0.469 e. The van der Waals surface area contributed by atoms with E-state index in [1.165, 1.54) is 7.11 Å². The van der Waals surface area contributed by atoms with Gasteiger partial charge in [-0.3, -0.25) is 19.3 Å². The molecular formula is C13H13NO4. The Morgan fingerprint density at radius 1 is 1.22 bits per heavy atom. The molecule has 18 heavy (non-hydrogen) atoms. The molecule has 0 fully saturated rings. The van der Waals surface area contributed by atoms with Crippen LogP contribution < -0.4 is 0 Å². The quantitative estimate of drug-likeness (QED) is 0.593. The van der Waals surface area contributed by atoms with E-state index >= 15 is 0 Å². The zero-order chi connectivity index (χ0) is 13.3. The SMILES string of the molecule is COC(=O)CCN1C(=O)c2ccc(C)cc2C1=O. The first-order valence-electron chi connectivity index (χ1n) is 5.58. The molecule has 5 heteroatoms. The number of hydrogen-bond donors (Lipinski definition) is 0. The van der Waals surface area contributed by atoms with Gasteiger partial charge in [0.2, 0.25) is 0 Å². The molecule has 0 radical (unpaired) electrons. The van der Waals surface area contributed by atoms with Crippen LogP contribution >= 0.6 is 0 Å². The lowest BCUT2D eigenvalue weighted by molar-refractivity contribution is -0.140. The molecule has 5 nitrogen and oxygen atoms in total. The molecule has 0 aliphatic carbocycles. The number of carbonyl (C=O) groups excluding carboxylic acids is 3. The van der Waals surface area contributed by atoms with Crippen LogP contribution in [0.5, 0.6) is 0 Å². The molecule has 0 spiro atoms. The smallest absolute Gasteiger partial charge is 0.307 e. The molecule has 0 saturated heterocycles. The molecule has 1 aromatic rings. The van der Waals surface area contributed by atoms with Crippen LogP contribution in [0.4, 0.5) is 0 Å². The summed E-state index contributed by atoms with van der Waals surface area (Å²) >= 11 is 0. The number of methoxy groups -OCH3 is 1. The number of hydrogen-bond acceptors (Lipinski definition) is 4. The first kappa shape index (κ1) is 12.3. The van der Waals surface area contributed by atoms with Gasteiger partial charge >= 0.3 is 5.97 Å². The largest absolute Gasteiger partial charge is 0.469 e. The van der Waals surface area contributed by atoms with Crippen molar-refractivity contribution in [3.8, 4) is 0 Å². The maximum atomic E-state index is 12.0. The third-order valence-corrected chi connectivity index (χ3v) is 2.89. The lowest BCUT2D eigenvalue weighted by Gasteiger charge is -2.12. The first-order chi connectivity index (χ1) is 8.54. The van der Waals surface area contributed by atoms with Crippen LogP contribution in [0.25, 0.3) is 0 Å². The predicted octanol–water partition coefficient (Wildman–Crippen LogP) is 1.15. The molecule has 1 aromatic carbocycles. The van der Waals surface area contributed by atoms with Crippen LogP contribution in [0, 0.1) is 6.92 Å². The fourth-order valence-corrected chi connectivity index (χ4v) is 1.91. The van der Waals surface area contributed by atoms with E-state index in [4.69, 9.17) is 0 Å². The van der Waals surface area contributed by atoms with E-state index in [1.807, 2.05) is 6.92 Å². The van der Waals surface area contributed by atoms with Crippen LogP contribution in [0.15, 0.2) is 18.2 Å². The van der Waals surface area contributed by atoms with E-state index in [0.717, 1.165) is 10.5 Å². The fraction of sp³-hybridized carbons (Fsp3) is 0.308. The first-order valence-corrected chi connectivity index (χ1v) is 5.58. The number of imide groups is 1. The Balaban J connectivity index is 2.21. The third-order valence-electron chi connectivity index (χ3n) is 2.89. The van der Waals surface area contributed by atoms with Gasteiger partial charge in [0.1, 0.15) is 0 Å². The van der Waals surface area contributed by atoms with E-state index in [2.05, 4.69) is 4.74 Å². The van der Waals surface area contributed by atoms with E-state index in [9.17, 15) is 14.4 Å². The van der Waals surface area contributed by atoms with Crippen molar-refractivity contribution in [3.63, 3.8) is 0 Å². The van der Waals surface area contributed by atoms with Crippen molar-refractivity contribution in [1.29, 1.82) is 0 Å². The highest BCUT2D eigenvalue weighted by atomic mass is 16.5. The average Bonchev–Trinajstić information content (AvgIpc) is 2.59. The van der Waals surface area contributed by atoms with Crippen LogP contribution in [-0.2, 0) is 9.53 Å². The molecule has 0 aromatic heterocycles. The molecule has 2 rings (SSSR count). The Kier molecular flexibility index (Phi) is 3.14. The summed E-state index contributed by atoms with van der Waals surface area (Å²) in [5.74, 6) is -1.13. The van der Waals surface area contributed by atoms with E-state index in [1.54, 1.807) is 18.2 Å². The molecule has 0 atom stereocenters. The van der Waals surface area contributed by atoms with Gasteiger partial charge in [-0.05, 0) is 19.1 Å². The summed E-state index contributed by atoms with van der Waals surface area (Å²) in [7, 11) is 1.27. The third kappa shape index (κ3) is 1.99. The van der Waals surface area contributed by atoms with Crippen LogP contribution in [0.1, 0.15) is 32.7 Å².